The quantitative estimate of drug-likeness (QED) is 0.642. The highest BCUT2D eigenvalue weighted by Gasteiger charge is 2.49. The molecule has 1 amide bonds. The molecule has 0 radical (unpaired) electrons. The van der Waals surface area contributed by atoms with E-state index in [9.17, 15) is 14.7 Å². The van der Waals surface area contributed by atoms with Gasteiger partial charge in [-0.25, -0.2) is 19.6 Å². The van der Waals surface area contributed by atoms with E-state index in [1.165, 1.54) is 11.8 Å². The number of halogens is 1. The predicted octanol–water partition coefficient (Wildman–Crippen LogP) is 4.35. The van der Waals surface area contributed by atoms with Gasteiger partial charge in [-0.15, -0.1) is 0 Å². The Labute approximate surface area is 195 Å². The smallest absolute Gasteiger partial charge is 0.408 e. The molecule has 1 aliphatic carbocycles. The Hall–Kier alpha value is -2.68. The molecule has 1 fully saturated rings. The first-order chi connectivity index (χ1) is 15.1. The largest absolute Gasteiger partial charge is 0.476 e. The molecule has 170 valence electrons. The Morgan fingerprint density at radius 3 is 2.59 bits per heavy atom. The maximum atomic E-state index is 12.7. The average molecular weight is 503 g/mol. The van der Waals surface area contributed by atoms with E-state index in [0.717, 1.165) is 24.8 Å². The van der Waals surface area contributed by atoms with Crippen molar-refractivity contribution in [1.29, 1.82) is 0 Å². The van der Waals surface area contributed by atoms with Crippen molar-refractivity contribution in [3.63, 3.8) is 0 Å². The molecule has 1 aromatic heterocycles. The van der Waals surface area contributed by atoms with Crippen LogP contribution in [0.3, 0.4) is 0 Å². The molecular weight excluding hydrogens is 476 g/mol. The lowest BCUT2D eigenvalue weighted by atomic mass is 9.72. The van der Waals surface area contributed by atoms with Gasteiger partial charge in [-0.3, -0.25) is 0 Å². The number of nitrogens with one attached hydrogen (secondary N) is 1. The van der Waals surface area contributed by atoms with Gasteiger partial charge in [0.25, 0.3) is 0 Å². The fourth-order valence-corrected chi connectivity index (χ4v) is 5.09. The van der Waals surface area contributed by atoms with Crippen molar-refractivity contribution in [2.24, 2.45) is 5.41 Å². The average Bonchev–Trinajstić information content (AvgIpc) is 3.00. The lowest BCUT2D eigenvalue weighted by Crippen LogP contribution is -2.48. The molecule has 1 unspecified atom stereocenters. The van der Waals surface area contributed by atoms with Gasteiger partial charge in [0.05, 0.1) is 12.2 Å². The van der Waals surface area contributed by atoms with Gasteiger partial charge in [-0.05, 0) is 67.1 Å². The zero-order valence-electron chi connectivity index (χ0n) is 18.4. The Morgan fingerprint density at radius 1 is 1.25 bits per heavy atom. The van der Waals surface area contributed by atoms with Crippen LogP contribution in [-0.2, 0) is 11.2 Å². The molecule has 1 aromatic carbocycles. The highest BCUT2D eigenvalue weighted by Crippen LogP contribution is 2.52. The number of anilines is 1. The number of ether oxygens (including phenoxy) is 1. The van der Waals surface area contributed by atoms with Crippen LogP contribution < -0.4 is 10.2 Å². The molecule has 1 saturated heterocycles. The molecule has 2 aromatic rings. The minimum atomic E-state index is -1.10. The van der Waals surface area contributed by atoms with Crippen LogP contribution in [0, 0.1) is 5.41 Å². The normalized spacial score (nSPS) is 19.5. The number of hydrogen-bond acceptors (Lipinski definition) is 6. The number of nitrogens with zero attached hydrogens (tertiary/aromatic N) is 3. The molecule has 8 nitrogen and oxygen atoms in total. The third-order valence-electron chi connectivity index (χ3n) is 6.17. The van der Waals surface area contributed by atoms with Crippen LogP contribution in [0.2, 0.25) is 0 Å². The SMILES string of the molecule is CC(C)(C)OC(=O)NC1c2ccccc2CC12CCN(c1ncc(Br)nc1C(=O)O)CC2. The number of carbonyl (C=O) groups is 2. The van der Waals surface area contributed by atoms with Crippen molar-refractivity contribution in [3.8, 4) is 0 Å². The molecule has 2 N–H and O–H groups in total. The van der Waals surface area contributed by atoms with E-state index in [1.54, 1.807) is 0 Å². The summed E-state index contributed by atoms with van der Waals surface area (Å²) in [4.78, 5) is 34.7. The first kappa shape index (κ1) is 22.5. The van der Waals surface area contributed by atoms with E-state index >= 15 is 0 Å². The van der Waals surface area contributed by atoms with Gasteiger partial charge in [0.15, 0.2) is 11.5 Å². The fourth-order valence-electron chi connectivity index (χ4n) is 4.81. The molecule has 1 atom stereocenters. The lowest BCUT2D eigenvalue weighted by molar-refractivity contribution is 0.0427. The Balaban J connectivity index is 1.57. The van der Waals surface area contributed by atoms with Gasteiger partial charge in [0.1, 0.15) is 10.2 Å². The summed E-state index contributed by atoms with van der Waals surface area (Å²) in [6.07, 6.45) is 3.50. The summed E-state index contributed by atoms with van der Waals surface area (Å²) in [5.41, 5.74) is 1.56. The molecule has 1 aliphatic heterocycles. The molecule has 32 heavy (non-hydrogen) atoms. The molecule has 2 aliphatic rings. The first-order valence-electron chi connectivity index (χ1n) is 10.7. The zero-order valence-corrected chi connectivity index (χ0v) is 20.0. The number of fused-ring (bicyclic) bond motifs is 1. The standard InChI is InChI=1S/C23H27BrN4O4/c1-22(2,3)32-21(31)27-18-15-7-5-4-6-14(15)12-23(18)8-10-28(11-9-23)19-17(20(29)30)26-16(24)13-25-19/h4-7,13,18H,8-12H2,1-3H3,(H,27,31)(H,29,30). The van der Waals surface area contributed by atoms with Crippen molar-refractivity contribution in [2.45, 2.75) is 51.7 Å². The maximum Gasteiger partial charge on any atom is 0.408 e. The summed E-state index contributed by atoms with van der Waals surface area (Å²) in [6.45, 7) is 6.79. The number of rotatable bonds is 3. The fraction of sp³-hybridized carbons (Fsp3) is 0.478. The van der Waals surface area contributed by atoms with E-state index in [0.29, 0.717) is 23.5 Å². The minimum absolute atomic E-state index is 0.0616. The number of amides is 1. The highest BCUT2D eigenvalue weighted by atomic mass is 79.9. The Morgan fingerprint density at radius 2 is 1.94 bits per heavy atom. The molecule has 9 heteroatoms. The van der Waals surface area contributed by atoms with Gasteiger partial charge in [-0.2, -0.15) is 0 Å². The van der Waals surface area contributed by atoms with E-state index in [-0.39, 0.29) is 17.2 Å². The summed E-state index contributed by atoms with van der Waals surface area (Å²) in [6, 6.07) is 8.04. The summed E-state index contributed by atoms with van der Waals surface area (Å²) < 4.78 is 5.93. The van der Waals surface area contributed by atoms with Crippen molar-refractivity contribution < 1.29 is 19.4 Å². The first-order valence-corrected chi connectivity index (χ1v) is 11.5. The van der Waals surface area contributed by atoms with E-state index in [4.69, 9.17) is 4.74 Å². The zero-order chi connectivity index (χ0) is 23.1. The number of benzene rings is 1. The summed E-state index contributed by atoms with van der Waals surface area (Å²) >= 11 is 3.20. The van der Waals surface area contributed by atoms with Crippen LogP contribution in [0.4, 0.5) is 10.6 Å². The Bertz CT molecular complexity index is 1040. The van der Waals surface area contributed by atoms with Crippen LogP contribution in [-0.4, -0.2) is 45.8 Å². The van der Waals surface area contributed by atoms with E-state index < -0.39 is 17.7 Å². The topological polar surface area (TPSA) is 105 Å². The van der Waals surface area contributed by atoms with Crippen LogP contribution in [0.15, 0.2) is 35.1 Å². The molecule has 0 saturated carbocycles. The monoisotopic (exact) mass is 502 g/mol. The molecular formula is C23H27BrN4O4. The number of carbonyl (C=O) groups excluding carboxylic acids is 1. The summed E-state index contributed by atoms with van der Waals surface area (Å²) in [5, 5.41) is 12.7. The summed E-state index contributed by atoms with van der Waals surface area (Å²) in [7, 11) is 0. The van der Waals surface area contributed by atoms with Gasteiger partial charge in [0, 0.05) is 18.5 Å². The molecule has 1 spiro atoms. The lowest BCUT2D eigenvalue weighted by Gasteiger charge is -2.44. The second-order valence-corrected chi connectivity index (χ2v) is 10.3. The molecule has 0 bridgehead atoms. The third kappa shape index (κ3) is 4.44. The van der Waals surface area contributed by atoms with E-state index in [1.807, 2.05) is 37.8 Å². The Kier molecular flexibility index (Phi) is 5.87. The third-order valence-corrected chi connectivity index (χ3v) is 6.55. The van der Waals surface area contributed by atoms with Gasteiger partial charge < -0.3 is 20.1 Å². The van der Waals surface area contributed by atoms with Crippen LogP contribution in [0.1, 0.15) is 61.3 Å². The van der Waals surface area contributed by atoms with Crippen molar-refractivity contribution in [3.05, 3.63) is 51.9 Å². The van der Waals surface area contributed by atoms with Gasteiger partial charge >= 0.3 is 12.1 Å². The number of hydrogen-bond donors (Lipinski definition) is 2. The summed E-state index contributed by atoms with van der Waals surface area (Å²) in [5.74, 6) is -0.727. The molecule has 2 heterocycles. The molecule has 4 rings (SSSR count). The van der Waals surface area contributed by atoms with Crippen molar-refractivity contribution >= 4 is 33.8 Å². The maximum absolute atomic E-state index is 12.7. The predicted molar refractivity (Wildman–Crippen MR) is 123 cm³/mol. The minimum Gasteiger partial charge on any atom is -0.476 e. The van der Waals surface area contributed by atoms with Crippen LogP contribution in [0.5, 0.6) is 0 Å². The van der Waals surface area contributed by atoms with Gasteiger partial charge in [-0.1, -0.05) is 24.3 Å². The van der Waals surface area contributed by atoms with Gasteiger partial charge in [0.2, 0.25) is 0 Å². The van der Waals surface area contributed by atoms with Crippen LogP contribution in [0.25, 0.3) is 0 Å². The number of aromatic nitrogens is 2. The second-order valence-electron chi connectivity index (χ2n) is 9.47. The van der Waals surface area contributed by atoms with Crippen LogP contribution >= 0.6 is 15.9 Å². The number of carboxylic acids is 1. The highest BCUT2D eigenvalue weighted by molar-refractivity contribution is 9.10. The number of piperidine rings is 1. The van der Waals surface area contributed by atoms with Crippen molar-refractivity contribution in [1.82, 2.24) is 15.3 Å². The number of aromatic carboxylic acids is 1. The second kappa shape index (κ2) is 8.35. The number of alkyl carbamates (subject to hydrolysis) is 1. The van der Waals surface area contributed by atoms with E-state index in [2.05, 4.69) is 43.3 Å². The van der Waals surface area contributed by atoms with Crippen molar-refractivity contribution in [2.75, 3.05) is 18.0 Å². The number of carboxylic acid groups (broad SMARTS) is 1.